The van der Waals surface area contributed by atoms with Crippen LogP contribution in [0.3, 0.4) is 0 Å². The van der Waals surface area contributed by atoms with Gasteiger partial charge in [0.1, 0.15) is 24.9 Å². The molecule has 2 aromatic carbocycles. The highest BCUT2D eigenvalue weighted by molar-refractivity contribution is 5.95. The van der Waals surface area contributed by atoms with Crippen molar-refractivity contribution in [2.75, 3.05) is 0 Å². The first-order valence-corrected chi connectivity index (χ1v) is 11.6. The van der Waals surface area contributed by atoms with E-state index in [1.54, 1.807) is 48.5 Å². The quantitative estimate of drug-likeness (QED) is 0.398. The molecule has 0 bridgehead atoms. The number of carbonyl (C=O) groups excluding carboxylic acids is 4. The lowest BCUT2D eigenvalue weighted by Crippen LogP contribution is -2.53. The number of allylic oxidation sites excluding steroid dienone is 1. The Labute approximate surface area is 208 Å². The number of aliphatic hydroxyl groups excluding tert-OH is 1. The number of ether oxygens (including phenoxy) is 3. The summed E-state index contributed by atoms with van der Waals surface area (Å²) in [7, 11) is 0. The summed E-state index contributed by atoms with van der Waals surface area (Å²) < 4.78 is 16.9. The number of fused-ring (bicyclic) bond motifs is 1. The number of hydrogen-bond donors (Lipinski definition) is 2. The zero-order valence-corrected chi connectivity index (χ0v) is 19.7. The van der Waals surface area contributed by atoms with Gasteiger partial charge in [-0.3, -0.25) is 14.4 Å². The van der Waals surface area contributed by atoms with Crippen molar-refractivity contribution in [3.63, 3.8) is 0 Å². The lowest BCUT2D eigenvalue weighted by molar-refractivity contribution is -0.163. The summed E-state index contributed by atoms with van der Waals surface area (Å²) in [5.74, 6) is -3.72. The second-order valence-electron chi connectivity index (χ2n) is 8.83. The number of carbonyl (C=O) groups is 4. The summed E-state index contributed by atoms with van der Waals surface area (Å²) >= 11 is 0. The van der Waals surface area contributed by atoms with Crippen LogP contribution < -0.4 is 5.32 Å². The Hall–Kier alpha value is -3.82. The van der Waals surface area contributed by atoms with Gasteiger partial charge in [-0.05, 0) is 30.2 Å². The van der Waals surface area contributed by atoms with E-state index in [0.717, 1.165) is 11.1 Å². The van der Waals surface area contributed by atoms with Gasteiger partial charge in [-0.15, -0.1) is 0 Å². The van der Waals surface area contributed by atoms with Crippen LogP contribution in [0.4, 0.5) is 0 Å². The molecule has 0 aliphatic carbocycles. The third kappa shape index (κ3) is 5.37. The molecule has 5 atom stereocenters. The lowest BCUT2D eigenvalue weighted by atomic mass is 9.80. The van der Waals surface area contributed by atoms with Crippen LogP contribution in [0.5, 0.6) is 0 Å². The first kappa shape index (κ1) is 25.3. The number of hydrogen-bond acceptors (Lipinski definition) is 8. The van der Waals surface area contributed by atoms with Crippen LogP contribution in [0.1, 0.15) is 24.5 Å². The van der Waals surface area contributed by atoms with Gasteiger partial charge in [0, 0.05) is 0 Å². The van der Waals surface area contributed by atoms with Crippen molar-refractivity contribution in [1.82, 2.24) is 5.32 Å². The second-order valence-corrected chi connectivity index (χ2v) is 8.83. The predicted octanol–water partition coefficient (Wildman–Crippen LogP) is 1.62. The smallest absolute Gasteiger partial charge is 0.332 e. The number of ketones is 1. The Morgan fingerprint density at radius 2 is 1.58 bits per heavy atom. The predicted molar refractivity (Wildman–Crippen MR) is 126 cm³/mol. The molecule has 188 valence electrons. The summed E-state index contributed by atoms with van der Waals surface area (Å²) in [5.41, 5.74) is -0.268. The highest BCUT2D eigenvalue weighted by Gasteiger charge is 2.68. The summed E-state index contributed by atoms with van der Waals surface area (Å²) in [6.07, 6.45) is -0.444. The Kier molecular flexibility index (Phi) is 7.61. The SMILES string of the molecule is CC(=O)/C=C/[C@@H]1O[C@@]2(CC(=O)OCc3ccccc3)[C@H](C(=O)OCc3ccccc3)NC(=O)[C@H]2[C@@H]1O. The Morgan fingerprint density at radius 1 is 1.00 bits per heavy atom. The van der Waals surface area contributed by atoms with E-state index >= 15 is 0 Å². The van der Waals surface area contributed by atoms with E-state index in [1.807, 2.05) is 12.1 Å². The summed E-state index contributed by atoms with van der Waals surface area (Å²) in [6, 6.07) is 16.6. The molecule has 2 heterocycles. The Balaban J connectivity index is 1.57. The molecule has 2 aliphatic rings. The van der Waals surface area contributed by atoms with Crippen molar-refractivity contribution in [2.24, 2.45) is 5.92 Å². The molecule has 2 fully saturated rings. The Morgan fingerprint density at radius 3 is 2.17 bits per heavy atom. The molecule has 2 N–H and O–H groups in total. The van der Waals surface area contributed by atoms with Crippen LogP contribution in [0.15, 0.2) is 72.8 Å². The third-order valence-corrected chi connectivity index (χ3v) is 6.26. The van der Waals surface area contributed by atoms with Crippen LogP contribution in [0.2, 0.25) is 0 Å². The highest BCUT2D eigenvalue weighted by Crippen LogP contribution is 2.46. The topological polar surface area (TPSA) is 128 Å². The van der Waals surface area contributed by atoms with E-state index in [9.17, 15) is 24.3 Å². The van der Waals surface area contributed by atoms with Gasteiger partial charge in [0.05, 0.1) is 18.4 Å². The summed E-state index contributed by atoms with van der Waals surface area (Å²) in [4.78, 5) is 50.4. The second kappa shape index (κ2) is 10.8. The van der Waals surface area contributed by atoms with E-state index in [0.29, 0.717) is 0 Å². The van der Waals surface area contributed by atoms with Gasteiger partial charge < -0.3 is 24.6 Å². The van der Waals surface area contributed by atoms with Crippen molar-refractivity contribution in [1.29, 1.82) is 0 Å². The monoisotopic (exact) mass is 493 g/mol. The molecule has 9 nitrogen and oxygen atoms in total. The first-order valence-electron chi connectivity index (χ1n) is 11.6. The van der Waals surface area contributed by atoms with Gasteiger partial charge >= 0.3 is 11.9 Å². The fourth-order valence-electron chi connectivity index (χ4n) is 4.58. The van der Waals surface area contributed by atoms with Crippen molar-refractivity contribution in [3.05, 3.63) is 83.9 Å². The van der Waals surface area contributed by atoms with E-state index in [2.05, 4.69) is 5.32 Å². The van der Waals surface area contributed by atoms with Crippen molar-refractivity contribution >= 4 is 23.6 Å². The number of esters is 2. The molecule has 1 amide bonds. The summed E-state index contributed by atoms with van der Waals surface area (Å²) in [6.45, 7) is 1.26. The van der Waals surface area contributed by atoms with E-state index in [1.165, 1.54) is 19.1 Å². The maximum atomic E-state index is 13.1. The van der Waals surface area contributed by atoms with E-state index in [4.69, 9.17) is 14.2 Å². The van der Waals surface area contributed by atoms with Crippen LogP contribution in [0.25, 0.3) is 0 Å². The van der Waals surface area contributed by atoms with Crippen LogP contribution in [0, 0.1) is 5.92 Å². The minimum Gasteiger partial charge on any atom is -0.461 e. The zero-order valence-electron chi connectivity index (χ0n) is 19.7. The number of rotatable bonds is 9. The average Bonchev–Trinajstić information content (AvgIpc) is 3.31. The van der Waals surface area contributed by atoms with Crippen molar-refractivity contribution < 1.29 is 38.5 Å². The molecule has 36 heavy (non-hydrogen) atoms. The Bertz CT molecular complexity index is 1150. The van der Waals surface area contributed by atoms with Gasteiger partial charge in [-0.2, -0.15) is 0 Å². The first-order chi connectivity index (χ1) is 17.3. The molecule has 2 aliphatic heterocycles. The molecule has 0 saturated carbocycles. The van der Waals surface area contributed by atoms with Gasteiger partial charge in [0.2, 0.25) is 5.91 Å². The molecule has 0 spiro atoms. The fourth-order valence-corrected chi connectivity index (χ4v) is 4.58. The minimum atomic E-state index is -1.76. The summed E-state index contributed by atoms with van der Waals surface area (Å²) in [5, 5.41) is 13.4. The number of amides is 1. The number of benzene rings is 2. The highest BCUT2D eigenvalue weighted by atomic mass is 16.6. The van der Waals surface area contributed by atoms with Gasteiger partial charge in [0.15, 0.2) is 11.8 Å². The van der Waals surface area contributed by atoms with Crippen LogP contribution in [-0.4, -0.2) is 52.6 Å². The molecule has 0 unspecified atom stereocenters. The largest absolute Gasteiger partial charge is 0.461 e. The zero-order chi connectivity index (χ0) is 25.7. The molecule has 2 aromatic rings. The van der Waals surface area contributed by atoms with Crippen molar-refractivity contribution in [3.8, 4) is 0 Å². The van der Waals surface area contributed by atoms with Crippen molar-refractivity contribution in [2.45, 2.75) is 50.4 Å². The maximum absolute atomic E-state index is 13.1. The fraction of sp³-hybridized carbons (Fsp3) is 0.333. The number of nitrogens with one attached hydrogen (secondary N) is 1. The average molecular weight is 494 g/mol. The lowest BCUT2D eigenvalue weighted by Gasteiger charge is -2.31. The molecule has 0 radical (unpaired) electrons. The molecule has 0 aromatic heterocycles. The molecule has 2 saturated heterocycles. The van der Waals surface area contributed by atoms with Crippen LogP contribution >= 0.6 is 0 Å². The van der Waals surface area contributed by atoms with Crippen LogP contribution in [-0.2, 0) is 46.6 Å². The van der Waals surface area contributed by atoms with Gasteiger partial charge in [-0.25, -0.2) is 4.79 Å². The minimum absolute atomic E-state index is 0.0128. The van der Waals surface area contributed by atoms with Gasteiger partial charge in [0.25, 0.3) is 0 Å². The van der Waals surface area contributed by atoms with E-state index < -0.39 is 54.0 Å². The molecule has 9 heteroatoms. The molecular weight excluding hydrogens is 466 g/mol. The molecular formula is C27H27NO8. The normalized spacial score (nSPS) is 26.9. The number of aliphatic hydroxyl groups is 1. The van der Waals surface area contributed by atoms with Gasteiger partial charge in [-0.1, -0.05) is 60.7 Å². The van der Waals surface area contributed by atoms with E-state index in [-0.39, 0.29) is 19.0 Å². The standard InChI is InChI=1S/C27H27NO8/c1-17(29)12-13-20-23(31)22-25(32)28-24(26(33)35-16-19-10-6-3-7-11-19)27(22,36-20)14-21(30)34-15-18-8-4-2-5-9-18/h2-13,20,22-24,31H,14-16H2,1H3,(H,28,32)/b13-12+/t20-,22+,23+,24-,27+/m0/s1. The molecule has 4 rings (SSSR count). The maximum Gasteiger partial charge on any atom is 0.332 e. The third-order valence-electron chi connectivity index (χ3n) is 6.26.